The fraction of sp³-hybridized carbons (Fsp3) is 0.226. The van der Waals surface area contributed by atoms with E-state index in [1.165, 1.54) is 6.07 Å². The molecule has 1 aromatic heterocycles. The van der Waals surface area contributed by atoms with E-state index in [4.69, 9.17) is 5.73 Å². The van der Waals surface area contributed by atoms with Gasteiger partial charge in [-0.1, -0.05) is 30.3 Å². The predicted octanol–water partition coefficient (Wildman–Crippen LogP) is 2.50. The van der Waals surface area contributed by atoms with Crippen molar-refractivity contribution in [3.63, 3.8) is 0 Å². The number of ketones is 2. The Balaban J connectivity index is 1.35. The van der Waals surface area contributed by atoms with Crippen LogP contribution in [0.25, 0.3) is 5.76 Å². The normalized spacial score (nSPS) is 23.5. The first-order valence-corrected chi connectivity index (χ1v) is 13.2. The number of primary amides is 1. The Kier molecular flexibility index (Phi) is 6.15. The molecule has 3 aliphatic carbocycles. The van der Waals surface area contributed by atoms with Crippen molar-refractivity contribution >= 4 is 34.6 Å². The Morgan fingerprint density at radius 3 is 2.39 bits per heavy atom. The fourth-order valence-corrected chi connectivity index (χ4v) is 6.33. The highest BCUT2D eigenvalue weighted by atomic mass is 16.3. The third kappa shape index (κ3) is 4.15. The molecule has 1 amide bonds. The van der Waals surface area contributed by atoms with Crippen molar-refractivity contribution < 1.29 is 39.4 Å². The summed E-state index contributed by atoms with van der Waals surface area (Å²) in [6, 6.07) is 16.9. The van der Waals surface area contributed by atoms with Gasteiger partial charge in [-0.3, -0.25) is 14.4 Å². The van der Waals surface area contributed by atoms with Gasteiger partial charge in [0.15, 0.2) is 30.3 Å². The second kappa shape index (κ2) is 9.60. The molecule has 3 atom stereocenters. The number of nitrogens with two attached hydrogens (primary N) is 1. The fourth-order valence-electron chi connectivity index (χ4n) is 6.33. The van der Waals surface area contributed by atoms with Crippen molar-refractivity contribution in [1.82, 2.24) is 0 Å². The number of hydrogen-bond donors (Lipinski definition) is 6. The molecular formula is C31H28N3O7+. The molecule has 6 rings (SSSR count). The van der Waals surface area contributed by atoms with Crippen LogP contribution in [-0.2, 0) is 27.3 Å². The lowest BCUT2D eigenvalue weighted by atomic mass is 9.59. The number of rotatable bonds is 5. The second-order valence-electron chi connectivity index (χ2n) is 10.8. The smallest absolute Gasteiger partial charge is 0.255 e. The van der Waals surface area contributed by atoms with E-state index in [1.807, 2.05) is 59.4 Å². The van der Waals surface area contributed by atoms with Crippen molar-refractivity contribution in [1.29, 1.82) is 0 Å². The van der Waals surface area contributed by atoms with Crippen LogP contribution in [0.4, 0.5) is 11.4 Å². The number of benzene rings is 2. The SMILES string of the molecule is NC(=O)C1=C(O)[C@@]2(O)C(=O)C3=C(O)c4c(O)ccc(Nc5cc[n+](Cc6ccccc6)cc5)c4C[C@H]3C[C@H]2CC1=O. The molecule has 0 unspecified atom stereocenters. The number of aliphatic hydroxyl groups excluding tert-OH is 2. The van der Waals surface area contributed by atoms with Gasteiger partial charge in [0.05, 0.1) is 11.3 Å². The Labute approximate surface area is 234 Å². The molecule has 0 saturated heterocycles. The lowest BCUT2D eigenvalue weighted by molar-refractivity contribution is -0.688. The molecule has 3 aliphatic rings. The first kappa shape index (κ1) is 26.3. The van der Waals surface area contributed by atoms with Gasteiger partial charge in [-0.05, 0) is 36.5 Å². The number of fused-ring (bicyclic) bond motifs is 3. The quantitative estimate of drug-likeness (QED) is 0.158. The van der Waals surface area contributed by atoms with E-state index >= 15 is 0 Å². The van der Waals surface area contributed by atoms with Crippen LogP contribution < -0.4 is 15.6 Å². The number of phenols is 1. The Morgan fingerprint density at radius 2 is 1.71 bits per heavy atom. The molecule has 1 fully saturated rings. The lowest BCUT2D eigenvalue weighted by Gasteiger charge is -2.46. The number of nitrogens with zero attached hydrogens (tertiary/aromatic N) is 1. The Bertz CT molecular complexity index is 1680. The summed E-state index contributed by atoms with van der Waals surface area (Å²) >= 11 is 0. The molecule has 0 bridgehead atoms. The maximum atomic E-state index is 13.6. The third-order valence-corrected chi connectivity index (χ3v) is 8.33. The van der Waals surface area contributed by atoms with E-state index in [0.717, 1.165) is 11.3 Å². The third-order valence-electron chi connectivity index (χ3n) is 8.33. The molecule has 208 valence electrons. The van der Waals surface area contributed by atoms with Gasteiger partial charge in [0.2, 0.25) is 5.78 Å². The zero-order valence-electron chi connectivity index (χ0n) is 21.9. The highest BCUT2D eigenvalue weighted by Gasteiger charge is 2.60. The number of amides is 1. The molecule has 1 heterocycles. The zero-order valence-corrected chi connectivity index (χ0v) is 21.9. The lowest BCUT2D eigenvalue weighted by Crippen LogP contribution is -2.58. The van der Waals surface area contributed by atoms with Gasteiger partial charge in [0.25, 0.3) is 5.91 Å². The molecule has 0 radical (unpaired) electrons. The summed E-state index contributed by atoms with van der Waals surface area (Å²) in [5.41, 5.74) is 4.80. The van der Waals surface area contributed by atoms with Gasteiger partial charge < -0.3 is 31.5 Å². The van der Waals surface area contributed by atoms with E-state index in [-0.39, 0.29) is 36.1 Å². The van der Waals surface area contributed by atoms with Gasteiger partial charge in [0, 0.05) is 41.3 Å². The van der Waals surface area contributed by atoms with Crippen LogP contribution in [0.2, 0.25) is 0 Å². The van der Waals surface area contributed by atoms with Crippen molar-refractivity contribution in [3.8, 4) is 5.75 Å². The maximum absolute atomic E-state index is 13.6. The Hall–Kier alpha value is -4.96. The zero-order chi connectivity index (χ0) is 29.1. The average molecular weight is 555 g/mol. The summed E-state index contributed by atoms with van der Waals surface area (Å²) in [5, 5.41) is 47.4. The van der Waals surface area contributed by atoms with E-state index < -0.39 is 52.0 Å². The van der Waals surface area contributed by atoms with Crippen LogP contribution in [0.5, 0.6) is 5.75 Å². The van der Waals surface area contributed by atoms with Crippen molar-refractivity contribution in [2.24, 2.45) is 17.6 Å². The highest BCUT2D eigenvalue weighted by molar-refractivity contribution is 6.22. The van der Waals surface area contributed by atoms with Gasteiger partial charge in [-0.2, -0.15) is 0 Å². The van der Waals surface area contributed by atoms with Gasteiger partial charge >= 0.3 is 0 Å². The van der Waals surface area contributed by atoms with E-state index in [9.17, 15) is 34.8 Å². The average Bonchev–Trinajstić information content (AvgIpc) is 2.93. The number of phenolic OH excluding ortho intramolecular Hbond substituents is 1. The van der Waals surface area contributed by atoms with Gasteiger partial charge in [-0.15, -0.1) is 0 Å². The maximum Gasteiger partial charge on any atom is 0.255 e. The number of carbonyl (C=O) groups excluding carboxylic acids is 3. The summed E-state index contributed by atoms with van der Waals surface area (Å²) in [5.74, 6) is -6.52. The summed E-state index contributed by atoms with van der Waals surface area (Å²) in [4.78, 5) is 38.0. The number of Topliss-reactive ketones (excluding diaryl/α,β-unsaturated/α-hetero) is 2. The number of pyridine rings is 1. The van der Waals surface area contributed by atoms with Gasteiger partial charge in [-0.25, -0.2) is 4.57 Å². The summed E-state index contributed by atoms with van der Waals surface area (Å²) in [7, 11) is 0. The van der Waals surface area contributed by atoms with Crippen molar-refractivity contribution in [2.45, 2.75) is 31.4 Å². The summed E-state index contributed by atoms with van der Waals surface area (Å²) in [6.07, 6.45) is 3.78. The first-order chi connectivity index (χ1) is 19.6. The standard InChI is InChI=1S/C31H27N3O7/c32-30(40)26-23(36)14-18-12-17-13-20-21(33-19-8-10-34(11-9-19)15-16-4-2-1-3-5-16)6-7-22(35)25(20)27(37)24(17)28(38)31(18,41)29(26)39/h1-11,17-18,41H,12-15H2,(H5,32,35,36,37,38,39,40)/p+1/t17-,18+,31+/m1/s1. The molecule has 2 aromatic carbocycles. The van der Waals surface area contributed by atoms with Crippen LogP contribution >= 0.6 is 0 Å². The first-order valence-electron chi connectivity index (χ1n) is 13.2. The highest BCUT2D eigenvalue weighted by Crippen LogP contribution is 2.52. The minimum Gasteiger partial charge on any atom is -0.508 e. The molecule has 41 heavy (non-hydrogen) atoms. The molecular weight excluding hydrogens is 526 g/mol. The van der Waals surface area contributed by atoms with Crippen molar-refractivity contribution in [3.05, 3.63) is 101 Å². The molecule has 3 aromatic rings. The topological polar surface area (TPSA) is 174 Å². The van der Waals surface area contributed by atoms with Crippen LogP contribution in [0.15, 0.2) is 83.9 Å². The molecule has 10 nitrogen and oxygen atoms in total. The van der Waals surface area contributed by atoms with E-state index in [0.29, 0.717) is 17.8 Å². The van der Waals surface area contributed by atoms with E-state index in [1.54, 1.807) is 6.07 Å². The van der Waals surface area contributed by atoms with Crippen LogP contribution in [0, 0.1) is 11.8 Å². The molecule has 0 aliphatic heterocycles. The monoisotopic (exact) mass is 554 g/mol. The number of carbonyl (C=O) groups is 3. The number of aromatic hydroxyl groups is 1. The molecule has 10 heteroatoms. The number of hydrogen-bond acceptors (Lipinski definition) is 8. The van der Waals surface area contributed by atoms with Crippen LogP contribution in [0.1, 0.15) is 29.5 Å². The minimum absolute atomic E-state index is 0.0391. The van der Waals surface area contributed by atoms with Crippen LogP contribution in [-0.4, -0.2) is 43.5 Å². The number of anilines is 2. The molecule has 1 saturated carbocycles. The molecule has 7 N–H and O–H groups in total. The van der Waals surface area contributed by atoms with Gasteiger partial charge in [0.1, 0.15) is 22.8 Å². The van der Waals surface area contributed by atoms with E-state index in [2.05, 4.69) is 5.32 Å². The number of aliphatic hydroxyl groups is 3. The molecule has 0 spiro atoms. The summed E-state index contributed by atoms with van der Waals surface area (Å²) in [6.45, 7) is 0.703. The number of aromatic nitrogens is 1. The summed E-state index contributed by atoms with van der Waals surface area (Å²) < 4.78 is 2.03. The van der Waals surface area contributed by atoms with Crippen LogP contribution in [0.3, 0.4) is 0 Å². The van der Waals surface area contributed by atoms with Crippen molar-refractivity contribution in [2.75, 3.05) is 5.32 Å². The minimum atomic E-state index is -2.58. The largest absolute Gasteiger partial charge is 0.508 e. The Morgan fingerprint density at radius 1 is 1.00 bits per heavy atom. The second-order valence-corrected chi connectivity index (χ2v) is 10.8. The predicted molar refractivity (Wildman–Crippen MR) is 147 cm³/mol. The number of nitrogens with one attached hydrogen (secondary N) is 1.